The van der Waals surface area contributed by atoms with E-state index in [4.69, 9.17) is 14.2 Å². The van der Waals surface area contributed by atoms with Gasteiger partial charge in [0.15, 0.2) is 17.3 Å². The maximum Gasteiger partial charge on any atom is 0.318 e. The van der Waals surface area contributed by atoms with Crippen molar-refractivity contribution in [2.24, 2.45) is 11.8 Å². The van der Waals surface area contributed by atoms with Crippen molar-refractivity contribution >= 4 is 17.7 Å². The highest BCUT2D eigenvalue weighted by Crippen LogP contribution is 2.55. The Morgan fingerprint density at radius 1 is 1.21 bits per heavy atom. The molecule has 1 aliphatic carbocycles. The molecule has 148 valence electrons. The lowest BCUT2D eigenvalue weighted by Crippen LogP contribution is -2.51. The molecule has 0 unspecified atom stereocenters. The summed E-state index contributed by atoms with van der Waals surface area (Å²) in [5, 5.41) is 0. The predicted octanol–water partition coefficient (Wildman–Crippen LogP) is 1.62. The minimum Gasteiger partial charge on any atom is -0.493 e. The largest absolute Gasteiger partial charge is 0.493 e. The number of ether oxygens (including phenoxy) is 3. The molecule has 1 amide bonds. The highest BCUT2D eigenvalue weighted by atomic mass is 16.5. The van der Waals surface area contributed by atoms with E-state index in [-0.39, 0.29) is 24.7 Å². The molecule has 3 aliphatic rings. The van der Waals surface area contributed by atoms with Gasteiger partial charge in [0.1, 0.15) is 5.92 Å². The summed E-state index contributed by atoms with van der Waals surface area (Å²) in [4.78, 5) is 39.8. The molecule has 3 atom stereocenters. The SMILES string of the molecule is CCOC(=O)[C@@H]1C(=O)N2CCc3cc(OC)c(OC)cc3[C@@]23C=CC(=O)C[C@@H]13. The van der Waals surface area contributed by atoms with Crippen LogP contribution in [0.1, 0.15) is 24.5 Å². The second kappa shape index (κ2) is 6.65. The van der Waals surface area contributed by atoms with E-state index < -0.39 is 23.3 Å². The van der Waals surface area contributed by atoms with Crippen molar-refractivity contribution in [1.29, 1.82) is 0 Å². The minimum atomic E-state index is -0.979. The molecule has 7 heteroatoms. The third-order valence-corrected chi connectivity index (χ3v) is 6.08. The smallest absolute Gasteiger partial charge is 0.318 e. The average Bonchev–Trinajstić information content (AvgIpc) is 2.95. The molecule has 0 aromatic heterocycles. The molecule has 1 aromatic rings. The first-order valence-corrected chi connectivity index (χ1v) is 9.43. The lowest BCUT2D eigenvalue weighted by Gasteiger charge is -2.46. The van der Waals surface area contributed by atoms with E-state index in [9.17, 15) is 14.4 Å². The van der Waals surface area contributed by atoms with Gasteiger partial charge in [0, 0.05) is 18.9 Å². The van der Waals surface area contributed by atoms with Crippen LogP contribution in [0, 0.1) is 11.8 Å². The molecule has 0 radical (unpaired) electrons. The van der Waals surface area contributed by atoms with E-state index >= 15 is 0 Å². The summed E-state index contributed by atoms with van der Waals surface area (Å²) in [6.07, 6.45) is 4.06. The van der Waals surface area contributed by atoms with Gasteiger partial charge in [-0.1, -0.05) is 6.08 Å². The van der Waals surface area contributed by atoms with Gasteiger partial charge in [-0.05, 0) is 42.7 Å². The van der Waals surface area contributed by atoms with Gasteiger partial charge in [-0.25, -0.2) is 0 Å². The van der Waals surface area contributed by atoms with Gasteiger partial charge in [0.25, 0.3) is 0 Å². The number of fused-ring (bicyclic) bond motifs is 1. The van der Waals surface area contributed by atoms with Gasteiger partial charge in [-0.15, -0.1) is 0 Å². The van der Waals surface area contributed by atoms with Crippen LogP contribution in [-0.4, -0.2) is 49.9 Å². The highest BCUT2D eigenvalue weighted by Gasteiger charge is 2.63. The van der Waals surface area contributed by atoms with E-state index in [1.807, 2.05) is 12.1 Å². The van der Waals surface area contributed by atoms with E-state index in [0.717, 1.165) is 11.1 Å². The number of carbonyl (C=O) groups is 3. The summed E-state index contributed by atoms with van der Waals surface area (Å²) in [5.41, 5.74) is 1.05. The van der Waals surface area contributed by atoms with Crippen LogP contribution in [0.2, 0.25) is 0 Å². The van der Waals surface area contributed by atoms with Crippen LogP contribution < -0.4 is 9.47 Å². The van der Waals surface area contributed by atoms with Gasteiger partial charge < -0.3 is 19.1 Å². The molecule has 2 heterocycles. The maximum absolute atomic E-state index is 13.2. The number of allylic oxidation sites excluding steroid dienone is 1. The molecular weight excluding hydrogens is 362 g/mol. The van der Waals surface area contributed by atoms with Crippen molar-refractivity contribution in [2.45, 2.75) is 25.3 Å². The van der Waals surface area contributed by atoms with Gasteiger partial charge in [0.2, 0.25) is 5.91 Å². The van der Waals surface area contributed by atoms with Crippen molar-refractivity contribution in [2.75, 3.05) is 27.4 Å². The van der Waals surface area contributed by atoms with Crippen LogP contribution in [0.5, 0.6) is 11.5 Å². The Balaban J connectivity index is 1.93. The Labute approximate surface area is 163 Å². The Bertz CT molecular complexity index is 891. The molecule has 1 spiro atoms. The number of carbonyl (C=O) groups excluding carboxylic acids is 3. The van der Waals surface area contributed by atoms with Gasteiger partial charge in [-0.2, -0.15) is 0 Å². The standard InChI is InChI=1S/C21H23NO6/c1-4-28-20(25)18-15-10-13(23)5-7-21(15)14-11-17(27-3)16(26-2)9-12(14)6-8-22(21)19(18)24/h5,7,9,11,15,18H,4,6,8,10H2,1-3H3/t15-,18-,21+/m0/s1. The number of nitrogens with zero attached hydrogens (tertiary/aromatic N) is 1. The van der Waals surface area contributed by atoms with Crippen LogP contribution in [-0.2, 0) is 31.1 Å². The first-order valence-electron chi connectivity index (χ1n) is 9.43. The maximum atomic E-state index is 13.2. The number of ketones is 1. The number of benzene rings is 1. The van der Waals surface area contributed by atoms with E-state index in [1.165, 1.54) is 6.08 Å². The zero-order valence-electron chi connectivity index (χ0n) is 16.2. The van der Waals surface area contributed by atoms with E-state index in [2.05, 4.69) is 0 Å². The van der Waals surface area contributed by atoms with Crippen molar-refractivity contribution in [3.8, 4) is 11.5 Å². The molecule has 7 nitrogen and oxygen atoms in total. The highest BCUT2D eigenvalue weighted by molar-refractivity contribution is 6.04. The van der Waals surface area contributed by atoms with E-state index in [0.29, 0.717) is 24.5 Å². The molecule has 1 fully saturated rings. The summed E-state index contributed by atoms with van der Waals surface area (Å²) in [5.74, 6) is -1.24. The molecule has 4 rings (SSSR count). The molecule has 28 heavy (non-hydrogen) atoms. The van der Waals surface area contributed by atoms with Crippen molar-refractivity contribution in [3.63, 3.8) is 0 Å². The first-order chi connectivity index (χ1) is 13.5. The van der Waals surface area contributed by atoms with Crippen molar-refractivity contribution in [3.05, 3.63) is 35.4 Å². The van der Waals surface area contributed by atoms with Gasteiger partial charge in [0.05, 0.1) is 26.4 Å². The average molecular weight is 385 g/mol. The van der Waals surface area contributed by atoms with Crippen LogP contribution in [0.25, 0.3) is 0 Å². The summed E-state index contributed by atoms with van der Waals surface area (Å²) in [6.45, 7) is 2.36. The monoisotopic (exact) mass is 385 g/mol. The number of esters is 1. The predicted molar refractivity (Wildman–Crippen MR) is 99.0 cm³/mol. The molecule has 0 saturated carbocycles. The minimum absolute atomic E-state index is 0.0906. The third-order valence-electron chi connectivity index (χ3n) is 6.08. The fraction of sp³-hybridized carbons (Fsp3) is 0.476. The molecule has 2 aliphatic heterocycles. The molecule has 0 bridgehead atoms. The normalized spacial score (nSPS) is 27.8. The fourth-order valence-corrected chi connectivity index (χ4v) is 4.93. The van der Waals surface area contributed by atoms with Crippen LogP contribution >= 0.6 is 0 Å². The van der Waals surface area contributed by atoms with Crippen molar-refractivity contribution in [1.82, 2.24) is 4.90 Å². The quantitative estimate of drug-likeness (QED) is 0.579. The zero-order valence-corrected chi connectivity index (χ0v) is 16.2. The second-order valence-electron chi connectivity index (χ2n) is 7.27. The summed E-state index contributed by atoms with van der Waals surface area (Å²) < 4.78 is 16.1. The Hall–Kier alpha value is -2.83. The van der Waals surface area contributed by atoms with E-state index in [1.54, 1.807) is 32.1 Å². The Morgan fingerprint density at radius 3 is 2.61 bits per heavy atom. The lowest BCUT2D eigenvalue weighted by molar-refractivity contribution is -0.153. The van der Waals surface area contributed by atoms with Crippen LogP contribution in [0.15, 0.2) is 24.3 Å². The van der Waals surface area contributed by atoms with Crippen molar-refractivity contribution < 1.29 is 28.6 Å². The number of rotatable bonds is 4. The van der Waals surface area contributed by atoms with Gasteiger partial charge in [-0.3, -0.25) is 14.4 Å². The molecule has 1 aromatic carbocycles. The van der Waals surface area contributed by atoms with Crippen LogP contribution in [0.3, 0.4) is 0 Å². The Kier molecular flexibility index (Phi) is 4.40. The lowest BCUT2D eigenvalue weighted by atomic mass is 9.67. The summed E-state index contributed by atoms with van der Waals surface area (Å²) in [6, 6.07) is 3.79. The number of methoxy groups -OCH3 is 2. The van der Waals surface area contributed by atoms with Gasteiger partial charge >= 0.3 is 5.97 Å². The Morgan fingerprint density at radius 2 is 1.93 bits per heavy atom. The summed E-state index contributed by atoms with van der Waals surface area (Å²) >= 11 is 0. The number of hydrogen-bond donors (Lipinski definition) is 0. The third kappa shape index (κ3) is 2.38. The summed E-state index contributed by atoms with van der Waals surface area (Å²) in [7, 11) is 3.14. The number of hydrogen-bond acceptors (Lipinski definition) is 6. The van der Waals surface area contributed by atoms with Crippen LogP contribution in [0.4, 0.5) is 0 Å². The molecule has 1 saturated heterocycles. The molecule has 0 N–H and O–H groups in total. The zero-order chi connectivity index (χ0) is 20.1. The topological polar surface area (TPSA) is 82.1 Å². The second-order valence-corrected chi connectivity index (χ2v) is 7.27. The fourth-order valence-electron chi connectivity index (χ4n) is 4.93. The molecular formula is C21H23NO6. The first kappa shape index (κ1) is 18.5. The number of amides is 1.